The first-order valence-electron chi connectivity index (χ1n) is 8.75. The summed E-state index contributed by atoms with van der Waals surface area (Å²) in [5.41, 5.74) is 1.14. The summed E-state index contributed by atoms with van der Waals surface area (Å²) in [5.74, 6) is -1.84. The van der Waals surface area contributed by atoms with E-state index in [-0.39, 0.29) is 29.0 Å². The zero-order chi connectivity index (χ0) is 21.9. The van der Waals surface area contributed by atoms with E-state index < -0.39 is 18.1 Å². The van der Waals surface area contributed by atoms with Gasteiger partial charge in [0.25, 0.3) is 5.91 Å². The largest absolute Gasteiger partial charge is 0.619 e. The summed E-state index contributed by atoms with van der Waals surface area (Å²) in [5, 5.41) is 13.8. The van der Waals surface area contributed by atoms with Crippen molar-refractivity contribution in [2.24, 2.45) is 0 Å². The van der Waals surface area contributed by atoms with Gasteiger partial charge in [-0.05, 0) is 48.2 Å². The van der Waals surface area contributed by atoms with Crippen molar-refractivity contribution in [3.63, 3.8) is 0 Å². The van der Waals surface area contributed by atoms with E-state index in [9.17, 15) is 27.6 Å². The van der Waals surface area contributed by atoms with Crippen molar-refractivity contribution in [2.75, 3.05) is 5.32 Å². The molecule has 0 fully saturated rings. The van der Waals surface area contributed by atoms with Crippen LogP contribution in [0.5, 0.6) is 5.75 Å². The maximum atomic E-state index is 14.8. The fourth-order valence-corrected chi connectivity index (χ4v) is 2.86. The van der Waals surface area contributed by atoms with Crippen molar-refractivity contribution in [2.45, 2.75) is 19.7 Å². The highest BCUT2D eigenvalue weighted by Gasteiger charge is 2.31. The third kappa shape index (κ3) is 5.25. The van der Waals surface area contributed by atoms with Crippen molar-refractivity contribution in [1.82, 2.24) is 0 Å². The maximum absolute atomic E-state index is 14.8. The minimum atomic E-state index is -4.80. The Kier molecular flexibility index (Phi) is 5.91. The van der Waals surface area contributed by atoms with Crippen LogP contribution in [0.3, 0.4) is 0 Å². The lowest BCUT2D eigenvalue weighted by atomic mass is 9.96. The molecule has 9 heteroatoms. The number of hydrogen-bond donors (Lipinski definition) is 1. The van der Waals surface area contributed by atoms with Gasteiger partial charge in [-0.15, -0.1) is 13.2 Å². The lowest BCUT2D eigenvalue weighted by Gasteiger charge is -2.13. The molecule has 0 spiro atoms. The molecule has 0 saturated carbocycles. The van der Waals surface area contributed by atoms with Crippen LogP contribution in [0, 0.1) is 17.9 Å². The van der Waals surface area contributed by atoms with Gasteiger partial charge < -0.3 is 15.3 Å². The zero-order valence-corrected chi connectivity index (χ0v) is 15.7. The minimum absolute atomic E-state index is 0.0998. The number of halogens is 4. The Labute approximate surface area is 169 Å². The molecule has 0 unspecified atom stereocenters. The SMILES string of the molecule is Cc1ccc(Cc2ccc(OC(F)(F)F)cc2)c(C(=O)Nc2ccc[n+]([O-])c2)c1F. The molecule has 30 heavy (non-hydrogen) atoms. The van der Waals surface area contributed by atoms with E-state index in [2.05, 4.69) is 10.1 Å². The molecule has 0 aliphatic heterocycles. The van der Waals surface area contributed by atoms with Gasteiger partial charge >= 0.3 is 6.36 Å². The standard InChI is InChI=1S/C21H16F4N2O3/c1-13-4-7-15(11-14-5-8-17(9-6-14)30-21(23,24)25)18(19(13)22)20(28)26-16-3-2-10-27(29)12-16/h2-10,12H,11H2,1H3,(H,26,28). The summed E-state index contributed by atoms with van der Waals surface area (Å²) in [4.78, 5) is 12.7. The Hall–Kier alpha value is -3.62. The molecule has 0 saturated heterocycles. The van der Waals surface area contributed by atoms with Gasteiger partial charge in [0.15, 0.2) is 6.20 Å². The van der Waals surface area contributed by atoms with Gasteiger partial charge in [0.2, 0.25) is 6.20 Å². The molecule has 5 nitrogen and oxygen atoms in total. The topological polar surface area (TPSA) is 65.3 Å². The molecule has 1 heterocycles. The Bertz CT molecular complexity index is 1070. The molecule has 3 aromatic rings. The smallest absolute Gasteiger partial charge is 0.573 e. The molecule has 156 valence electrons. The van der Waals surface area contributed by atoms with E-state index in [1.165, 1.54) is 43.5 Å². The molecule has 0 aliphatic carbocycles. The predicted octanol–water partition coefficient (Wildman–Crippen LogP) is 4.51. The third-order valence-electron chi connectivity index (χ3n) is 4.23. The van der Waals surface area contributed by atoms with E-state index >= 15 is 0 Å². The molecule has 1 aromatic heterocycles. The molecule has 0 atom stereocenters. The van der Waals surface area contributed by atoms with Crippen LogP contribution in [0.25, 0.3) is 0 Å². The van der Waals surface area contributed by atoms with Gasteiger partial charge in [-0.25, -0.2) is 4.39 Å². The Balaban J connectivity index is 1.87. The van der Waals surface area contributed by atoms with Crippen molar-refractivity contribution in [1.29, 1.82) is 0 Å². The summed E-state index contributed by atoms with van der Waals surface area (Å²) in [6.45, 7) is 1.51. The summed E-state index contributed by atoms with van der Waals surface area (Å²) in [6.07, 6.45) is -2.33. The number of carbonyl (C=O) groups excluding carboxylic acids is 1. The van der Waals surface area contributed by atoms with E-state index in [4.69, 9.17) is 0 Å². The van der Waals surface area contributed by atoms with Gasteiger partial charge in [-0.1, -0.05) is 24.3 Å². The van der Waals surface area contributed by atoms with Gasteiger partial charge in [0.1, 0.15) is 17.3 Å². The number of nitrogens with zero attached hydrogens (tertiary/aromatic N) is 1. The molecule has 1 amide bonds. The number of aromatic nitrogens is 1. The number of benzene rings is 2. The van der Waals surface area contributed by atoms with E-state index in [0.717, 1.165) is 18.3 Å². The van der Waals surface area contributed by atoms with Crippen LogP contribution in [0.15, 0.2) is 60.9 Å². The highest BCUT2D eigenvalue weighted by molar-refractivity contribution is 6.05. The van der Waals surface area contributed by atoms with E-state index in [1.54, 1.807) is 6.07 Å². The molecule has 2 aromatic carbocycles. The number of ether oxygens (including phenoxy) is 1. The first-order chi connectivity index (χ1) is 14.1. The number of nitrogens with one attached hydrogen (secondary N) is 1. The third-order valence-corrected chi connectivity index (χ3v) is 4.23. The number of carbonyl (C=O) groups is 1. The van der Waals surface area contributed by atoms with Crippen LogP contribution in [0.2, 0.25) is 0 Å². The first kappa shape index (κ1) is 21.1. The van der Waals surface area contributed by atoms with Crippen LogP contribution >= 0.6 is 0 Å². The highest BCUT2D eigenvalue weighted by atomic mass is 19.4. The molecule has 1 N–H and O–H groups in total. The van der Waals surface area contributed by atoms with Crippen LogP contribution in [-0.2, 0) is 6.42 Å². The van der Waals surface area contributed by atoms with Crippen LogP contribution in [0.1, 0.15) is 27.0 Å². The number of aryl methyl sites for hydroxylation is 1. The second-order valence-electron chi connectivity index (χ2n) is 6.51. The fraction of sp³-hybridized carbons (Fsp3) is 0.143. The van der Waals surface area contributed by atoms with Crippen LogP contribution < -0.4 is 14.8 Å². The van der Waals surface area contributed by atoms with Gasteiger partial charge in [0.05, 0.1) is 5.56 Å². The molecule has 0 aliphatic rings. The quantitative estimate of drug-likeness (QED) is 0.375. The van der Waals surface area contributed by atoms with Crippen LogP contribution in [-0.4, -0.2) is 12.3 Å². The zero-order valence-electron chi connectivity index (χ0n) is 15.7. The Morgan fingerprint density at radius 1 is 1.13 bits per heavy atom. The highest BCUT2D eigenvalue weighted by Crippen LogP contribution is 2.25. The second-order valence-corrected chi connectivity index (χ2v) is 6.51. The molecular weight excluding hydrogens is 404 g/mol. The van der Waals surface area contributed by atoms with Crippen LogP contribution in [0.4, 0.5) is 23.2 Å². The lowest BCUT2D eigenvalue weighted by molar-refractivity contribution is -0.604. The normalized spacial score (nSPS) is 11.2. The number of hydrogen-bond acceptors (Lipinski definition) is 3. The summed E-state index contributed by atoms with van der Waals surface area (Å²) >= 11 is 0. The van der Waals surface area contributed by atoms with Gasteiger partial charge in [0, 0.05) is 6.07 Å². The molecule has 3 rings (SSSR count). The monoisotopic (exact) mass is 420 g/mol. The fourth-order valence-electron chi connectivity index (χ4n) is 2.86. The Morgan fingerprint density at radius 3 is 2.47 bits per heavy atom. The first-order valence-corrected chi connectivity index (χ1v) is 8.75. The average molecular weight is 420 g/mol. The average Bonchev–Trinajstić information content (AvgIpc) is 2.65. The number of pyridine rings is 1. The van der Waals surface area contributed by atoms with Crippen molar-refractivity contribution in [3.05, 3.63) is 94.2 Å². The predicted molar refractivity (Wildman–Crippen MR) is 100 cm³/mol. The van der Waals surface area contributed by atoms with Crippen molar-refractivity contribution < 1.29 is 31.8 Å². The number of anilines is 1. The maximum Gasteiger partial charge on any atom is 0.573 e. The number of rotatable bonds is 5. The van der Waals surface area contributed by atoms with Crippen molar-refractivity contribution in [3.8, 4) is 5.75 Å². The summed E-state index contributed by atoms with van der Waals surface area (Å²) in [7, 11) is 0. The molecular formula is C21H16F4N2O3. The Morgan fingerprint density at radius 2 is 1.83 bits per heavy atom. The number of amides is 1. The summed E-state index contributed by atoms with van der Waals surface area (Å²) in [6, 6.07) is 11.1. The molecule has 0 radical (unpaired) electrons. The van der Waals surface area contributed by atoms with Crippen molar-refractivity contribution >= 4 is 11.6 Å². The van der Waals surface area contributed by atoms with E-state index in [0.29, 0.717) is 15.9 Å². The lowest BCUT2D eigenvalue weighted by Crippen LogP contribution is -2.26. The number of alkyl halides is 3. The minimum Gasteiger partial charge on any atom is -0.619 e. The second kappa shape index (κ2) is 8.40. The molecule has 0 bridgehead atoms. The van der Waals surface area contributed by atoms with Gasteiger partial charge in [-0.2, -0.15) is 4.73 Å². The summed E-state index contributed by atoms with van der Waals surface area (Å²) < 4.78 is 56.0. The van der Waals surface area contributed by atoms with E-state index in [1.807, 2.05) is 0 Å². The van der Waals surface area contributed by atoms with Gasteiger partial charge in [-0.3, -0.25) is 4.79 Å².